The summed E-state index contributed by atoms with van der Waals surface area (Å²) in [4.78, 5) is 0. The number of hydrogen-bond donors (Lipinski definition) is 1. The molecule has 0 radical (unpaired) electrons. The van der Waals surface area contributed by atoms with E-state index in [1.807, 2.05) is 48.5 Å². The van der Waals surface area contributed by atoms with Crippen molar-refractivity contribution in [1.29, 1.82) is 0 Å². The topological polar surface area (TPSA) is 26.0 Å². The number of rotatable bonds is 2. The Kier molecular flexibility index (Phi) is 3.51. The van der Waals surface area contributed by atoms with E-state index in [4.69, 9.17) is 5.73 Å². The molecule has 0 aromatic heterocycles. The Balaban J connectivity index is 2.06. The lowest BCUT2D eigenvalue weighted by Crippen LogP contribution is -1.89. The van der Waals surface area contributed by atoms with Gasteiger partial charge in [0.05, 0.1) is 0 Å². The fourth-order valence-electron chi connectivity index (χ4n) is 3.18. The molecule has 0 bridgehead atoms. The van der Waals surface area contributed by atoms with E-state index in [1.54, 1.807) is 12.1 Å². The van der Waals surface area contributed by atoms with Crippen molar-refractivity contribution in [2.45, 2.75) is 0 Å². The SMILES string of the molecule is Nc1cccc(-c2cccc3cccc(-c4cccc(F)c4)c23)c1. The van der Waals surface area contributed by atoms with Crippen LogP contribution in [0.25, 0.3) is 33.0 Å². The van der Waals surface area contributed by atoms with Gasteiger partial charge in [0.2, 0.25) is 0 Å². The summed E-state index contributed by atoms with van der Waals surface area (Å²) in [5, 5.41) is 2.23. The van der Waals surface area contributed by atoms with Crippen molar-refractivity contribution in [2.75, 3.05) is 5.73 Å². The number of halogens is 1. The van der Waals surface area contributed by atoms with E-state index < -0.39 is 0 Å². The first-order chi connectivity index (χ1) is 11.7. The monoisotopic (exact) mass is 313 g/mol. The number of anilines is 1. The van der Waals surface area contributed by atoms with Crippen molar-refractivity contribution in [3.05, 3.63) is 90.7 Å². The largest absolute Gasteiger partial charge is 0.399 e. The van der Waals surface area contributed by atoms with Gasteiger partial charge in [0.15, 0.2) is 0 Å². The molecule has 0 fully saturated rings. The van der Waals surface area contributed by atoms with Crippen molar-refractivity contribution in [1.82, 2.24) is 0 Å². The predicted octanol–water partition coefficient (Wildman–Crippen LogP) is 5.90. The lowest BCUT2D eigenvalue weighted by Gasteiger charge is -2.13. The van der Waals surface area contributed by atoms with Crippen molar-refractivity contribution >= 4 is 16.5 Å². The Labute approximate surface area is 140 Å². The molecule has 4 aromatic rings. The Morgan fingerprint density at radius 2 is 1.21 bits per heavy atom. The molecule has 0 aliphatic rings. The molecule has 0 unspecified atom stereocenters. The molecule has 2 N–H and O–H groups in total. The van der Waals surface area contributed by atoms with Gasteiger partial charge in [0.1, 0.15) is 5.82 Å². The quantitative estimate of drug-likeness (QED) is 0.458. The number of nitrogen functional groups attached to an aromatic ring is 1. The van der Waals surface area contributed by atoms with E-state index in [2.05, 4.69) is 18.2 Å². The van der Waals surface area contributed by atoms with Crippen LogP contribution in [0.3, 0.4) is 0 Å². The third kappa shape index (κ3) is 2.52. The van der Waals surface area contributed by atoms with E-state index in [-0.39, 0.29) is 5.82 Å². The zero-order valence-corrected chi connectivity index (χ0v) is 13.0. The molecule has 0 aliphatic heterocycles. The van der Waals surface area contributed by atoms with Gasteiger partial charge in [0, 0.05) is 5.69 Å². The van der Waals surface area contributed by atoms with Gasteiger partial charge in [-0.05, 0) is 57.3 Å². The average molecular weight is 313 g/mol. The maximum atomic E-state index is 13.7. The molecule has 116 valence electrons. The van der Waals surface area contributed by atoms with Crippen LogP contribution in [0.15, 0.2) is 84.9 Å². The van der Waals surface area contributed by atoms with Gasteiger partial charge in [-0.1, -0.05) is 60.7 Å². The maximum Gasteiger partial charge on any atom is 0.123 e. The van der Waals surface area contributed by atoms with Gasteiger partial charge in [-0.25, -0.2) is 4.39 Å². The van der Waals surface area contributed by atoms with Gasteiger partial charge in [-0.2, -0.15) is 0 Å². The molecule has 0 spiro atoms. The minimum Gasteiger partial charge on any atom is -0.399 e. The lowest BCUT2D eigenvalue weighted by atomic mass is 9.91. The first-order valence-corrected chi connectivity index (χ1v) is 7.86. The van der Waals surface area contributed by atoms with Crippen LogP contribution in [-0.4, -0.2) is 0 Å². The number of nitrogens with two attached hydrogens (primary N) is 1. The van der Waals surface area contributed by atoms with Gasteiger partial charge in [-0.15, -0.1) is 0 Å². The average Bonchev–Trinajstić information content (AvgIpc) is 2.60. The van der Waals surface area contributed by atoms with Crippen LogP contribution >= 0.6 is 0 Å². The summed E-state index contributed by atoms with van der Waals surface area (Å²) in [6.45, 7) is 0. The van der Waals surface area contributed by atoms with Crippen molar-refractivity contribution in [3.63, 3.8) is 0 Å². The second-order valence-corrected chi connectivity index (χ2v) is 5.85. The van der Waals surface area contributed by atoms with Gasteiger partial charge < -0.3 is 5.73 Å². The molecule has 0 heterocycles. The number of hydrogen-bond acceptors (Lipinski definition) is 1. The molecular formula is C22H16FN. The number of fused-ring (bicyclic) bond motifs is 1. The highest BCUT2D eigenvalue weighted by atomic mass is 19.1. The van der Waals surface area contributed by atoms with E-state index in [0.717, 1.165) is 38.7 Å². The smallest absolute Gasteiger partial charge is 0.123 e. The van der Waals surface area contributed by atoms with Crippen LogP contribution in [0.4, 0.5) is 10.1 Å². The fourth-order valence-corrected chi connectivity index (χ4v) is 3.18. The standard InChI is InChI=1S/C22H16FN/c23-18-9-1-7-16(13-18)20-11-3-5-15-6-4-12-21(22(15)20)17-8-2-10-19(24)14-17/h1-14H,24H2. The minimum absolute atomic E-state index is 0.231. The van der Waals surface area contributed by atoms with Crippen LogP contribution in [0, 0.1) is 5.82 Å². The summed E-state index contributed by atoms with van der Waals surface area (Å²) in [7, 11) is 0. The molecule has 1 nitrogen and oxygen atoms in total. The van der Waals surface area contributed by atoms with Gasteiger partial charge in [-0.3, -0.25) is 0 Å². The molecular weight excluding hydrogens is 297 g/mol. The van der Waals surface area contributed by atoms with Gasteiger partial charge in [0.25, 0.3) is 0 Å². The highest BCUT2D eigenvalue weighted by molar-refractivity contribution is 6.06. The van der Waals surface area contributed by atoms with E-state index in [1.165, 1.54) is 6.07 Å². The van der Waals surface area contributed by atoms with E-state index in [9.17, 15) is 4.39 Å². The molecule has 0 atom stereocenters. The molecule has 4 rings (SSSR count). The molecule has 0 saturated heterocycles. The fraction of sp³-hybridized carbons (Fsp3) is 0. The molecule has 0 saturated carbocycles. The summed E-state index contributed by atoms with van der Waals surface area (Å²) < 4.78 is 13.7. The van der Waals surface area contributed by atoms with Crippen LogP contribution in [0.2, 0.25) is 0 Å². The van der Waals surface area contributed by atoms with Crippen LogP contribution < -0.4 is 5.73 Å². The summed E-state index contributed by atoms with van der Waals surface area (Å²) in [5.74, 6) is -0.231. The van der Waals surface area contributed by atoms with Crippen molar-refractivity contribution < 1.29 is 4.39 Å². The molecule has 4 aromatic carbocycles. The summed E-state index contributed by atoms with van der Waals surface area (Å²) in [6, 6.07) is 26.9. The first-order valence-electron chi connectivity index (χ1n) is 7.86. The zero-order chi connectivity index (χ0) is 16.5. The molecule has 0 amide bonds. The van der Waals surface area contributed by atoms with Crippen molar-refractivity contribution in [2.24, 2.45) is 0 Å². The summed E-state index contributed by atoms with van der Waals surface area (Å²) in [6.07, 6.45) is 0. The number of benzene rings is 4. The molecule has 24 heavy (non-hydrogen) atoms. The highest BCUT2D eigenvalue weighted by Crippen LogP contribution is 2.36. The Morgan fingerprint density at radius 1 is 0.625 bits per heavy atom. The normalized spacial score (nSPS) is 10.9. The third-order valence-electron chi connectivity index (χ3n) is 4.24. The second kappa shape index (κ2) is 5.82. The Morgan fingerprint density at radius 3 is 1.83 bits per heavy atom. The molecule has 0 aliphatic carbocycles. The van der Waals surface area contributed by atoms with E-state index >= 15 is 0 Å². The highest BCUT2D eigenvalue weighted by Gasteiger charge is 2.10. The van der Waals surface area contributed by atoms with Crippen LogP contribution in [0.1, 0.15) is 0 Å². The minimum atomic E-state index is -0.231. The van der Waals surface area contributed by atoms with Crippen LogP contribution in [-0.2, 0) is 0 Å². The first kappa shape index (κ1) is 14.5. The van der Waals surface area contributed by atoms with Gasteiger partial charge >= 0.3 is 0 Å². The summed E-state index contributed by atoms with van der Waals surface area (Å²) >= 11 is 0. The third-order valence-corrected chi connectivity index (χ3v) is 4.24. The Hall–Kier alpha value is -3.13. The predicted molar refractivity (Wildman–Crippen MR) is 99.2 cm³/mol. The van der Waals surface area contributed by atoms with Crippen molar-refractivity contribution in [3.8, 4) is 22.3 Å². The van der Waals surface area contributed by atoms with E-state index in [0.29, 0.717) is 0 Å². The maximum absolute atomic E-state index is 13.7. The summed E-state index contributed by atoms with van der Waals surface area (Å²) in [5.41, 5.74) is 10.7. The van der Waals surface area contributed by atoms with Crippen LogP contribution in [0.5, 0.6) is 0 Å². The Bertz CT molecular complexity index is 956. The zero-order valence-electron chi connectivity index (χ0n) is 13.0. The lowest BCUT2D eigenvalue weighted by molar-refractivity contribution is 0.628. The second-order valence-electron chi connectivity index (χ2n) is 5.85. The molecule has 2 heteroatoms.